The van der Waals surface area contributed by atoms with E-state index in [2.05, 4.69) is 105 Å². The van der Waals surface area contributed by atoms with Gasteiger partial charge >= 0.3 is 191 Å². The molecule has 1 fully saturated rings. The van der Waals surface area contributed by atoms with E-state index >= 15 is 0 Å². The van der Waals surface area contributed by atoms with Crippen LogP contribution in [0.15, 0.2) is 0 Å². The van der Waals surface area contributed by atoms with Gasteiger partial charge in [-0.3, -0.25) is 0 Å². The molecule has 0 aromatic carbocycles. The molecule has 7 heteroatoms. The van der Waals surface area contributed by atoms with Crippen molar-refractivity contribution < 1.29 is 0 Å². The first kappa shape index (κ1) is 27.1. The molecule has 160 valence electrons. The van der Waals surface area contributed by atoms with Gasteiger partial charge < -0.3 is 0 Å². The first-order chi connectivity index (χ1) is 11.4. The van der Waals surface area contributed by atoms with Crippen LogP contribution < -0.4 is 0 Å². The van der Waals surface area contributed by atoms with Crippen molar-refractivity contribution in [3.8, 4) is 0 Å². The summed E-state index contributed by atoms with van der Waals surface area (Å²) in [5.74, 6) is 0. The van der Waals surface area contributed by atoms with Crippen molar-refractivity contribution in [2.75, 3.05) is 0 Å². The van der Waals surface area contributed by atoms with Gasteiger partial charge in [-0.15, -0.1) is 0 Å². The predicted octanol–water partition coefficient (Wildman–Crippen LogP) is 8.03. The van der Waals surface area contributed by atoms with E-state index < -0.39 is 69.6 Å². The Morgan fingerprint density at radius 1 is 0.481 bits per heavy atom. The average molecular weight is 580 g/mol. The van der Waals surface area contributed by atoms with E-state index in [1.165, 1.54) is 0 Å². The summed E-state index contributed by atoms with van der Waals surface area (Å²) in [5.41, 5.74) is 0. The van der Waals surface area contributed by atoms with Crippen molar-refractivity contribution in [3.63, 3.8) is 0 Å². The van der Waals surface area contributed by atoms with Gasteiger partial charge in [0.15, 0.2) is 0 Å². The summed E-state index contributed by atoms with van der Waals surface area (Å²) in [4.78, 5) is 0. The van der Waals surface area contributed by atoms with E-state index in [-0.39, 0.29) is 0 Å². The molecule has 1 saturated heterocycles. The molecule has 0 nitrogen and oxygen atoms in total. The summed E-state index contributed by atoms with van der Waals surface area (Å²) < 4.78 is 1.86. The van der Waals surface area contributed by atoms with Crippen molar-refractivity contribution in [2.45, 2.75) is 121 Å². The van der Waals surface area contributed by atoms with Crippen LogP contribution in [-0.2, 0) is 0 Å². The summed E-state index contributed by atoms with van der Waals surface area (Å²) in [6.07, 6.45) is 0. The molecule has 0 unspecified atom stereocenters. The molecule has 0 saturated carbocycles. The molecule has 1 aliphatic heterocycles. The summed E-state index contributed by atoms with van der Waals surface area (Å²) in [6, 6.07) is 3.33. The third-order valence-corrected chi connectivity index (χ3v) is 95.4. The van der Waals surface area contributed by atoms with Crippen LogP contribution in [-0.4, -0.2) is 69.6 Å². The minimum atomic E-state index is -1.25. The fourth-order valence-electron chi connectivity index (χ4n) is 8.68. The van der Waals surface area contributed by atoms with Crippen molar-refractivity contribution in [3.05, 3.63) is 0 Å². The Balaban J connectivity index is 4.14. The topological polar surface area (TPSA) is 0 Å². The number of hydrogen-bond acceptors (Lipinski definition) is 0. The zero-order valence-corrected chi connectivity index (χ0v) is 30.8. The molecule has 1 aliphatic rings. The number of hydrogen-bond donors (Lipinski definition) is 0. The Bertz CT molecular complexity index is 477. The second-order valence-corrected chi connectivity index (χ2v) is 62.5. The minimum absolute atomic E-state index is 0.576. The van der Waals surface area contributed by atoms with Crippen LogP contribution in [0.3, 0.4) is 0 Å². The fraction of sp³-hybridized carbons (Fsp3) is 1.00. The fourth-order valence-corrected chi connectivity index (χ4v) is 106. The van der Waals surface area contributed by atoms with Gasteiger partial charge in [0.1, 0.15) is 0 Å². The third kappa shape index (κ3) is 4.01. The van der Waals surface area contributed by atoms with E-state index in [0.717, 1.165) is 4.60 Å². The normalized spacial score (nSPS) is 25.8. The van der Waals surface area contributed by atoms with Crippen LogP contribution in [0.1, 0.15) is 0 Å². The van der Waals surface area contributed by atoms with E-state index in [0.29, 0.717) is 0 Å². The summed E-state index contributed by atoms with van der Waals surface area (Å²) in [5, 5.41) is 0. The SMILES string of the molecule is C[Si](C)(C)[C]1([Si](C)(C)C)[Sn][C]([Si](C)(C)C)([Si](C)(C)C)[Si](C)(C)CC[Si]1(C)C. The molecule has 0 amide bonds. The van der Waals surface area contributed by atoms with Crippen molar-refractivity contribution >= 4 is 69.6 Å². The van der Waals surface area contributed by atoms with E-state index in [1.807, 2.05) is 0 Å². The zero-order chi connectivity index (χ0) is 22.1. The Kier molecular flexibility index (Phi) is 7.36. The standard InChI is InChI=1S/C20H52Si6.Sn/c1-21(2,3)19(22(4,5)6)25(13,14)17-18-26(15,16)20(23(7,8)9)24(10,11)12;/h17-18H2,1-16H3;. The first-order valence-corrected chi connectivity index (χ1v) is 34.5. The average Bonchev–Trinajstić information content (AvgIpc) is 2.37. The third-order valence-electron chi connectivity index (χ3n) is 8.28. The Hall–Kier alpha value is 2.10. The second-order valence-electron chi connectivity index (χ2n) is 14.9. The monoisotopic (exact) mass is 580 g/mol. The predicted molar refractivity (Wildman–Crippen MR) is 149 cm³/mol. The molecule has 0 aromatic rings. The van der Waals surface area contributed by atoms with Crippen molar-refractivity contribution in [2.24, 2.45) is 0 Å². The van der Waals surface area contributed by atoms with Crippen LogP contribution in [0.5, 0.6) is 0 Å². The maximum atomic E-state index is 2.89. The molecule has 0 aliphatic carbocycles. The van der Waals surface area contributed by atoms with Gasteiger partial charge in [0.2, 0.25) is 0 Å². The molecular weight excluding hydrogens is 527 g/mol. The van der Waals surface area contributed by atoms with Gasteiger partial charge in [0.05, 0.1) is 0 Å². The van der Waals surface area contributed by atoms with Gasteiger partial charge in [-0.05, 0) is 0 Å². The van der Waals surface area contributed by atoms with Gasteiger partial charge in [-0.1, -0.05) is 0 Å². The Morgan fingerprint density at radius 3 is 0.815 bits per heavy atom. The first-order valence-electron chi connectivity index (χ1n) is 11.2. The molecule has 0 aromatic heterocycles. The van der Waals surface area contributed by atoms with Gasteiger partial charge in [-0.2, -0.15) is 0 Å². The molecule has 0 spiro atoms. The van der Waals surface area contributed by atoms with Gasteiger partial charge in [-0.25, -0.2) is 0 Å². The molecule has 1 rings (SSSR count). The van der Waals surface area contributed by atoms with E-state index in [1.54, 1.807) is 12.1 Å². The van der Waals surface area contributed by atoms with Gasteiger partial charge in [0, 0.05) is 0 Å². The van der Waals surface area contributed by atoms with Crippen molar-refractivity contribution in [1.82, 2.24) is 0 Å². The quantitative estimate of drug-likeness (QED) is 0.296. The summed E-state index contributed by atoms with van der Waals surface area (Å²) in [7, 11) is -7.51. The molecular formula is C20H52Si6Sn. The van der Waals surface area contributed by atoms with Gasteiger partial charge in [0.25, 0.3) is 0 Å². The molecule has 2 radical (unpaired) electrons. The second kappa shape index (κ2) is 7.32. The van der Waals surface area contributed by atoms with Crippen molar-refractivity contribution in [1.29, 1.82) is 0 Å². The van der Waals surface area contributed by atoms with Crippen LogP contribution in [0.25, 0.3) is 0 Å². The summed E-state index contributed by atoms with van der Waals surface area (Å²) >= 11 is -0.576. The Labute approximate surface area is 189 Å². The Morgan fingerprint density at radius 2 is 0.667 bits per heavy atom. The van der Waals surface area contributed by atoms with Crippen LogP contribution in [0, 0.1) is 0 Å². The van der Waals surface area contributed by atoms with Crippen LogP contribution in [0.2, 0.25) is 121 Å². The molecule has 0 atom stereocenters. The molecule has 27 heavy (non-hydrogen) atoms. The van der Waals surface area contributed by atoms with E-state index in [9.17, 15) is 0 Å². The van der Waals surface area contributed by atoms with Crippen LogP contribution >= 0.6 is 0 Å². The number of rotatable bonds is 4. The zero-order valence-electron chi connectivity index (χ0n) is 21.9. The summed E-state index contributed by atoms with van der Waals surface area (Å²) in [6.45, 7) is 45.4. The van der Waals surface area contributed by atoms with Crippen LogP contribution in [0.4, 0.5) is 0 Å². The maximum absolute atomic E-state index is 2.89. The molecule has 0 N–H and O–H groups in total. The molecule has 0 bridgehead atoms. The molecule has 1 heterocycles. The van der Waals surface area contributed by atoms with E-state index in [4.69, 9.17) is 0 Å².